The van der Waals surface area contributed by atoms with Gasteiger partial charge in [0.1, 0.15) is 0 Å². The minimum absolute atomic E-state index is 0.909. The highest BCUT2D eigenvalue weighted by Crippen LogP contribution is 2.30. The molecule has 0 bridgehead atoms. The normalized spacial score (nSPS) is 35.9. The molecule has 20 heavy (non-hydrogen) atoms. The van der Waals surface area contributed by atoms with E-state index in [1.54, 1.807) is 0 Å². The summed E-state index contributed by atoms with van der Waals surface area (Å²) in [4.78, 5) is 5.66. The van der Waals surface area contributed by atoms with E-state index in [4.69, 9.17) is 0 Å². The fourth-order valence-electron chi connectivity index (χ4n) is 4.68. The highest BCUT2D eigenvalue weighted by molar-refractivity contribution is 4.86. The van der Waals surface area contributed by atoms with Crippen LogP contribution in [0.5, 0.6) is 0 Å². The highest BCUT2D eigenvalue weighted by Gasteiger charge is 2.30. The largest absolute Gasteiger partial charge is 0.300 e. The Bertz CT molecular complexity index is 267. The Morgan fingerprint density at radius 1 is 0.550 bits per heavy atom. The third-order valence-corrected chi connectivity index (χ3v) is 6.16. The number of hydrogen-bond donors (Lipinski definition) is 0. The molecule has 2 heterocycles. The summed E-state index contributed by atoms with van der Waals surface area (Å²) >= 11 is 0. The molecule has 0 aromatic carbocycles. The molecule has 2 saturated heterocycles. The zero-order valence-corrected chi connectivity index (χ0v) is 13.5. The number of piperidine rings is 1. The average Bonchev–Trinajstić information content (AvgIpc) is 2.77. The Labute approximate surface area is 125 Å². The van der Waals surface area contributed by atoms with Gasteiger partial charge in [-0.05, 0) is 83.5 Å². The van der Waals surface area contributed by atoms with E-state index < -0.39 is 0 Å². The molecule has 2 nitrogen and oxygen atoms in total. The molecule has 0 radical (unpaired) electrons. The van der Waals surface area contributed by atoms with Crippen molar-refractivity contribution in [2.24, 2.45) is 5.92 Å². The molecule has 3 fully saturated rings. The van der Waals surface area contributed by atoms with Crippen LogP contribution in [0.25, 0.3) is 0 Å². The predicted octanol–water partition coefficient (Wildman–Crippen LogP) is 3.91. The van der Waals surface area contributed by atoms with Gasteiger partial charge in [0.2, 0.25) is 0 Å². The number of likely N-dealkylation sites (tertiary alicyclic amines) is 2. The van der Waals surface area contributed by atoms with Gasteiger partial charge in [-0.2, -0.15) is 0 Å². The first-order chi connectivity index (χ1) is 9.83. The lowest BCUT2D eigenvalue weighted by molar-refractivity contribution is 0.0663. The molecule has 0 unspecified atom stereocenters. The van der Waals surface area contributed by atoms with E-state index in [1.165, 1.54) is 90.4 Å². The summed E-state index contributed by atoms with van der Waals surface area (Å²) in [6.45, 7) is 7.94. The maximum atomic E-state index is 2.83. The summed E-state index contributed by atoms with van der Waals surface area (Å²) in [5, 5.41) is 0. The van der Waals surface area contributed by atoms with Crippen molar-refractivity contribution in [1.29, 1.82) is 0 Å². The molecule has 3 aliphatic rings. The molecule has 2 aliphatic heterocycles. The van der Waals surface area contributed by atoms with Crippen molar-refractivity contribution in [2.75, 3.05) is 26.2 Å². The third kappa shape index (κ3) is 3.76. The first kappa shape index (κ1) is 14.8. The van der Waals surface area contributed by atoms with Crippen LogP contribution in [0.3, 0.4) is 0 Å². The molecule has 3 rings (SSSR count). The lowest BCUT2D eigenvalue weighted by Crippen LogP contribution is -2.49. The monoisotopic (exact) mass is 278 g/mol. The lowest BCUT2D eigenvalue weighted by Gasteiger charge is -2.43. The smallest absolute Gasteiger partial charge is 0.0120 e. The Morgan fingerprint density at radius 2 is 1.05 bits per heavy atom. The molecule has 0 N–H and O–H groups in total. The van der Waals surface area contributed by atoms with Gasteiger partial charge in [0.25, 0.3) is 0 Å². The van der Waals surface area contributed by atoms with Gasteiger partial charge in [-0.15, -0.1) is 0 Å². The molecule has 0 aromatic rings. The van der Waals surface area contributed by atoms with E-state index >= 15 is 0 Å². The highest BCUT2D eigenvalue weighted by atomic mass is 15.2. The van der Waals surface area contributed by atoms with Crippen molar-refractivity contribution >= 4 is 0 Å². The quantitative estimate of drug-likeness (QED) is 0.756. The minimum Gasteiger partial charge on any atom is -0.300 e. The second-order valence-electron chi connectivity index (χ2n) is 7.63. The maximum absolute atomic E-state index is 2.83. The predicted molar refractivity (Wildman–Crippen MR) is 86.1 cm³/mol. The van der Waals surface area contributed by atoms with Crippen molar-refractivity contribution in [3.05, 3.63) is 0 Å². The molecule has 0 spiro atoms. The van der Waals surface area contributed by atoms with Gasteiger partial charge < -0.3 is 9.80 Å². The number of hydrogen-bond acceptors (Lipinski definition) is 2. The molecular weight excluding hydrogens is 244 g/mol. The fraction of sp³-hybridized carbons (Fsp3) is 1.00. The van der Waals surface area contributed by atoms with Crippen molar-refractivity contribution in [1.82, 2.24) is 9.80 Å². The fourth-order valence-corrected chi connectivity index (χ4v) is 4.68. The van der Waals surface area contributed by atoms with Crippen LogP contribution in [-0.4, -0.2) is 48.1 Å². The average molecular weight is 278 g/mol. The van der Waals surface area contributed by atoms with Gasteiger partial charge in [-0.1, -0.05) is 19.8 Å². The summed E-state index contributed by atoms with van der Waals surface area (Å²) in [6.07, 6.45) is 14.6. The van der Waals surface area contributed by atoms with E-state index in [0.29, 0.717) is 0 Å². The van der Waals surface area contributed by atoms with E-state index in [0.717, 1.165) is 18.0 Å². The van der Waals surface area contributed by atoms with E-state index in [-0.39, 0.29) is 0 Å². The van der Waals surface area contributed by atoms with Crippen LogP contribution in [0, 0.1) is 5.92 Å². The van der Waals surface area contributed by atoms with Gasteiger partial charge in [-0.3, -0.25) is 0 Å². The number of rotatable bonds is 2. The third-order valence-electron chi connectivity index (χ3n) is 6.16. The second kappa shape index (κ2) is 7.26. The Kier molecular flexibility index (Phi) is 5.39. The van der Waals surface area contributed by atoms with Gasteiger partial charge in [0.15, 0.2) is 0 Å². The van der Waals surface area contributed by atoms with Crippen molar-refractivity contribution in [2.45, 2.75) is 83.2 Å². The Balaban J connectivity index is 1.44. The SMILES string of the molecule is CC1CCC(N2CCC(N3CCCCCC3)CC2)CC1. The van der Waals surface area contributed by atoms with Crippen LogP contribution in [0.1, 0.15) is 71.1 Å². The molecule has 1 saturated carbocycles. The van der Waals surface area contributed by atoms with Crippen LogP contribution < -0.4 is 0 Å². The molecule has 0 atom stereocenters. The summed E-state index contributed by atoms with van der Waals surface area (Å²) in [6, 6.07) is 1.84. The van der Waals surface area contributed by atoms with Gasteiger partial charge >= 0.3 is 0 Å². The standard InChI is InChI=1S/C18H34N2/c1-16-6-8-17(9-7-16)20-14-10-18(11-15-20)19-12-4-2-3-5-13-19/h16-18H,2-15H2,1H3. The van der Waals surface area contributed by atoms with Crippen LogP contribution in [0.2, 0.25) is 0 Å². The molecule has 116 valence electrons. The molecule has 2 heteroatoms. The second-order valence-corrected chi connectivity index (χ2v) is 7.63. The molecular formula is C18H34N2. The van der Waals surface area contributed by atoms with Crippen molar-refractivity contribution in [3.63, 3.8) is 0 Å². The van der Waals surface area contributed by atoms with Crippen LogP contribution in [0.4, 0.5) is 0 Å². The minimum atomic E-state index is 0.909. The Morgan fingerprint density at radius 3 is 1.65 bits per heavy atom. The van der Waals surface area contributed by atoms with Crippen LogP contribution >= 0.6 is 0 Å². The number of nitrogens with zero attached hydrogens (tertiary/aromatic N) is 2. The lowest BCUT2D eigenvalue weighted by atomic mass is 9.85. The maximum Gasteiger partial charge on any atom is 0.0120 e. The van der Waals surface area contributed by atoms with E-state index in [2.05, 4.69) is 16.7 Å². The van der Waals surface area contributed by atoms with Gasteiger partial charge in [-0.25, -0.2) is 0 Å². The van der Waals surface area contributed by atoms with E-state index in [9.17, 15) is 0 Å². The molecule has 0 amide bonds. The van der Waals surface area contributed by atoms with E-state index in [1.807, 2.05) is 0 Å². The summed E-state index contributed by atoms with van der Waals surface area (Å²) in [5.41, 5.74) is 0. The topological polar surface area (TPSA) is 6.48 Å². The van der Waals surface area contributed by atoms with Crippen LogP contribution in [0.15, 0.2) is 0 Å². The van der Waals surface area contributed by atoms with Crippen LogP contribution in [-0.2, 0) is 0 Å². The van der Waals surface area contributed by atoms with Crippen molar-refractivity contribution < 1.29 is 0 Å². The molecule has 1 aliphatic carbocycles. The molecule has 0 aromatic heterocycles. The first-order valence-corrected chi connectivity index (χ1v) is 9.31. The summed E-state index contributed by atoms with van der Waals surface area (Å²) < 4.78 is 0. The first-order valence-electron chi connectivity index (χ1n) is 9.31. The summed E-state index contributed by atoms with van der Waals surface area (Å²) in [5.74, 6) is 0.987. The zero-order valence-electron chi connectivity index (χ0n) is 13.5. The van der Waals surface area contributed by atoms with Crippen molar-refractivity contribution in [3.8, 4) is 0 Å². The van der Waals surface area contributed by atoms with Gasteiger partial charge in [0, 0.05) is 12.1 Å². The summed E-state index contributed by atoms with van der Waals surface area (Å²) in [7, 11) is 0. The Hall–Kier alpha value is -0.0800. The zero-order chi connectivity index (χ0) is 13.8. The van der Waals surface area contributed by atoms with Gasteiger partial charge in [0.05, 0.1) is 0 Å².